The molecule has 1 aliphatic heterocycles. The third-order valence-corrected chi connectivity index (χ3v) is 5.17. The minimum absolute atomic E-state index is 0.117. The van der Waals surface area contributed by atoms with Crippen LogP contribution in [0.25, 0.3) is 0 Å². The summed E-state index contributed by atoms with van der Waals surface area (Å²) in [6, 6.07) is 0. The highest BCUT2D eigenvalue weighted by Crippen LogP contribution is 2.35. The van der Waals surface area contributed by atoms with Crippen LogP contribution in [0, 0.1) is 11.8 Å². The first kappa shape index (κ1) is 20.8. The number of ether oxygens (including phenoxy) is 1. The molecule has 1 fully saturated rings. The minimum atomic E-state index is -1.25. The number of esters is 1. The Bertz CT molecular complexity index is 755. The van der Waals surface area contributed by atoms with Gasteiger partial charge in [-0.15, -0.1) is 0 Å². The zero-order valence-electron chi connectivity index (χ0n) is 15.9. The first-order chi connectivity index (χ1) is 12.6. The van der Waals surface area contributed by atoms with E-state index in [1.165, 1.54) is 12.2 Å². The van der Waals surface area contributed by atoms with Crippen LogP contribution in [0.4, 0.5) is 0 Å². The Morgan fingerprint density at radius 2 is 2.07 bits per heavy atom. The normalized spacial score (nSPS) is 29.4. The topological polar surface area (TPSA) is 101 Å². The first-order valence-electron chi connectivity index (χ1n) is 9.05. The Morgan fingerprint density at radius 1 is 1.41 bits per heavy atom. The number of carbonyl (C=O) groups is 3. The number of aliphatic carboxylic acids is 1. The molecule has 2 aliphatic rings. The van der Waals surface area contributed by atoms with Crippen LogP contribution < -0.4 is 0 Å². The van der Waals surface area contributed by atoms with Crippen molar-refractivity contribution in [1.29, 1.82) is 0 Å². The Morgan fingerprint density at radius 3 is 2.67 bits per heavy atom. The van der Waals surface area contributed by atoms with Crippen LogP contribution in [-0.4, -0.2) is 40.1 Å². The second-order valence-electron chi connectivity index (χ2n) is 7.20. The van der Waals surface area contributed by atoms with Gasteiger partial charge in [0.15, 0.2) is 5.78 Å². The molecule has 6 nitrogen and oxygen atoms in total. The number of fused-ring (bicyclic) bond motifs is 1. The molecular weight excluding hydrogens is 348 g/mol. The number of aliphatic hydroxyl groups is 1. The van der Waals surface area contributed by atoms with E-state index >= 15 is 0 Å². The lowest BCUT2D eigenvalue weighted by Crippen LogP contribution is -2.31. The van der Waals surface area contributed by atoms with Crippen LogP contribution in [-0.2, 0) is 19.1 Å². The van der Waals surface area contributed by atoms with Crippen molar-refractivity contribution >= 4 is 17.7 Å². The molecule has 0 amide bonds. The van der Waals surface area contributed by atoms with Gasteiger partial charge in [0.2, 0.25) is 0 Å². The SMILES string of the molecule is C=C1C(=O)O[C@@H]2C=C(C(=O)O)[C@@H](C(=O)C=C(C)CC)CC=C(C)C[C@H](O)[C@@H]12. The zero-order chi connectivity index (χ0) is 20.3. The fraction of sp³-hybridized carbons (Fsp3) is 0.476. The summed E-state index contributed by atoms with van der Waals surface area (Å²) in [4.78, 5) is 36.6. The van der Waals surface area contributed by atoms with Gasteiger partial charge in [0.1, 0.15) is 6.10 Å². The summed E-state index contributed by atoms with van der Waals surface area (Å²) in [7, 11) is 0. The van der Waals surface area contributed by atoms with E-state index in [-0.39, 0.29) is 29.8 Å². The number of aliphatic hydroxyl groups excluding tert-OH is 1. The molecule has 146 valence electrons. The van der Waals surface area contributed by atoms with Gasteiger partial charge in [-0.3, -0.25) is 4.79 Å². The molecule has 2 N–H and O–H groups in total. The number of rotatable bonds is 4. The summed E-state index contributed by atoms with van der Waals surface area (Å²) >= 11 is 0. The van der Waals surface area contributed by atoms with Gasteiger partial charge < -0.3 is 14.9 Å². The molecule has 0 aromatic heterocycles. The van der Waals surface area contributed by atoms with Crippen LogP contribution in [0.2, 0.25) is 0 Å². The molecule has 4 atom stereocenters. The number of ketones is 1. The molecule has 0 aromatic carbocycles. The summed E-state index contributed by atoms with van der Waals surface area (Å²) < 4.78 is 5.24. The highest BCUT2D eigenvalue weighted by molar-refractivity contribution is 6.02. The average Bonchev–Trinajstić information content (AvgIpc) is 2.87. The van der Waals surface area contributed by atoms with Gasteiger partial charge in [-0.2, -0.15) is 0 Å². The predicted octanol–water partition coefficient (Wildman–Crippen LogP) is 2.74. The van der Waals surface area contributed by atoms with Crippen LogP contribution >= 0.6 is 0 Å². The lowest BCUT2D eigenvalue weighted by atomic mass is 9.82. The maximum Gasteiger partial charge on any atom is 0.334 e. The summed E-state index contributed by atoms with van der Waals surface area (Å²) in [5.41, 5.74) is 1.66. The quantitative estimate of drug-likeness (QED) is 0.446. The number of hydrogen-bond donors (Lipinski definition) is 2. The van der Waals surface area contributed by atoms with Crippen molar-refractivity contribution in [2.75, 3.05) is 0 Å². The lowest BCUT2D eigenvalue weighted by molar-refractivity contribution is -0.138. The maximum atomic E-state index is 12.8. The van der Waals surface area contributed by atoms with Gasteiger partial charge in [-0.05, 0) is 45.3 Å². The predicted molar refractivity (Wildman–Crippen MR) is 99.8 cm³/mol. The summed E-state index contributed by atoms with van der Waals surface area (Å²) in [6.45, 7) is 9.23. The van der Waals surface area contributed by atoms with Gasteiger partial charge >= 0.3 is 11.9 Å². The molecule has 1 heterocycles. The van der Waals surface area contributed by atoms with E-state index in [1.54, 1.807) is 13.0 Å². The maximum absolute atomic E-state index is 12.8. The molecule has 27 heavy (non-hydrogen) atoms. The molecular formula is C21H26O6. The fourth-order valence-electron chi connectivity index (χ4n) is 3.41. The number of carboxylic acid groups (broad SMARTS) is 1. The molecule has 1 aliphatic carbocycles. The summed E-state index contributed by atoms with van der Waals surface area (Å²) in [5, 5.41) is 20.2. The summed E-state index contributed by atoms with van der Waals surface area (Å²) in [5.74, 6) is -3.83. The van der Waals surface area contributed by atoms with E-state index in [0.29, 0.717) is 6.42 Å². The minimum Gasteiger partial charge on any atom is -0.478 e. The molecule has 0 spiro atoms. The van der Waals surface area contributed by atoms with E-state index < -0.39 is 36.0 Å². The standard InChI is InChI=1S/C21H26O6/c1-5-11(2)8-16(22)14-7-6-12(3)9-17(23)19-13(4)21(26)27-18(19)10-15(14)20(24)25/h6,8,10,14,17-19,23H,4-5,7,9H2,1-3H3,(H,24,25)/t14-,17-,18+,19+/m0/s1. The van der Waals surface area contributed by atoms with Crippen molar-refractivity contribution in [2.24, 2.45) is 11.8 Å². The second kappa shape index (κ2) is 8.48. The number of allylic oxidation sites excluding steroid dienone is 3. The molecule has 6 heteroatoms. The number of carboxylic acids is 1. The molecule has 0 unspecified atom stereocenters. The van der Waals surface area contributed by atoms with E-state index in [0.717, 1.165) is 11.1 Å². The third-order valence-electron chi connectivity index (χ3n) is 5.17. The smallest absolute Gasteiger partial charge is 0.334 e. The largest absolute Gasteiger partial charge is 0.478 e. The highest BCUT2D eigenvalue weighted by Gasteiger charge is 2.43. The Hall–Kier alpha value is -2.47. The highest BCUT2D eigenvalue weighted by atomic mass is 16.6. The molecule has 0 radical (unpaired) electrons. The van der Waals surface area contributed by atoms with Gasteiger partial charge in [-0.25, -0.2) is 9.59 Å². The fourth-order valence-corrected chi connectivity index (χ4v) is 3.41. The van der Waals surface area contributed by atoms with E-state index in [9.17, 15) is 24.6 Å². The monoisotopic (exact) mass is 374 g/mol. The number of hydrogen-bond acceptors (Lipinski definition) is 5. The van der Waals surface area contributed by atoms with Crippen molar-refractivity contribution in [1.82, 2.24) is 0 Å². The van der Waals surface area contributed by atoms with E-state index in [2.05, 4.69) is 6.58 Å². The Kier molecular flexibility index (Phi) is 6.54. The van der Waals surface area contributed by atoms with Crippen molar-refractivity contribution in [2.45, 2.75) is 52.2 Å². The molecule has 2 rings (SSSR count). The van der Waals surface area contributed by atoms with Gasteiger partial charge in [0, 0.05) is 11.1 Å². The van der Waals surface area contributed by atoms with Crippen LogP contribution in [0.1, 0.15) is 40.0 Å². The van der Waals surface area contributed by atoms with Gasteiger partial charge in [-0.1, -0.05) is 30.7 Å². The molecule has 1 saturated heterocycles. The van der Waals surface area contributed by atoms with Crippen LogP contribution in [0.15, 0.2) is 47.1 Å². The summed E-state index contributed by atoms with van der Waals surface area (Å²) in [6.07, 6.45) is 3.84. The molecule has 0 bridgehead atoms. The van der Waals surface area contributed by atoms with E-state index in [4.69, 9.17) is 4.74 Å². The van der Waals surface area contributed by atoms with Crippen molar-refractivity contribution in [3.8, 4) is 0 Å². The second-order valence-corrected chi connectivity index (χ2v) is 7.20. The molecule has 0 saturated carbocycles. The van der Waals surface area contributed by atoms with Crippen LogP contribution in [0.3, 0.4) is 0 Å². The molecule has 0 aromatic rings. The lowest BCUT2D eigenvalue weighted by Gasteiger charge is -2.24. The van der Waals surface area contributed by atoms with Crippen molar-refractivity contribution in [3.63, 3.8) is 0 Å². The van der Waals surface area contributed by atoms with Crippen molar-refractivity contribution in [3.05, 3.63) is 47.1 Å². The van der Waals surface area contributed by atoms with Crippen molar-refractivity contribution < 1.29 is 29.3 Å². The number of carbonyl (C=O) groups excluding carboxylic acids is 2. The van der Waals surface area contributed by atoms with Gasteiger partial charge in [0.25, 0.3) is 0 Å². The average molecular weight is 374 g/mol. The Balaban J connectivity index is 2.56. The Labute approximate surface area is 158 Å². The van der Waals surface area contributed by atoms with Crippen LogP contribution in [0.5, 0.6) is 0 Å². The van der Waals surface area contributed by atoms with Gasteiger partial charge in [0.05, 0.1) is 17.9 Å². The third kappa shape index (κ3) is 4.63. The first-order valence-corrected chi connectivity index (χ1v) is 9.05. The zero-order valence-corrected chi connectivity index (χ0v) is 15.9. The van der Waals surface area contributed by atoms with E-state index in [1.807, 2.05) is 13.8 Å².